The molecule has 3 N–H and O–H groups in total. The second kappa shape index (κ2) is 4.44. The Morgan fingerprint density at radius 3 is 2.73 bits per heavy atom. The van der Waals surface area contributed by atoms with Crippen LogP contribution in [0.15, 0.2) is 6.20 Å². The zero-order valence-corrected chi connectivity index (χ0v) is 9.42. The number of aliphatic hydroxyl groups is 2. The summed E-state index contributed by atoms with van der Waals surface area (Å²) in [5.74, 6) is -1.47. The van der Waals surface area contributed by atoms with Crippen LogP contribution in [-0.2, 0) is 4.79 Å². The molecule has 0 spiro atoms. The molecule has 0 amide bonds. The summed E-state index contributed by atoms with van der Waals surface area (Å²) in [6, 6.07) is 0. The van der Waals surface area contributed by atoms with Gasteiger partial charge in [-0.2, -0.15) is 0 Å². The largest absolute Gasteiger partial charge is 0.479 e. The van der Waals surface area contributed by atoms with Gasteiger partial charge in [-0.3, -0.25) is 0 Å². The topological polar surface area (TPSA) is 90.7 Å². The molecule has 15 heavy (non-hydrogen) atoms. The maximum absolute atomic E-state index is 10.8. The molecule has 0 fully saturated rings. The van der Waals surface area contributed by atoms with Gasteiger partial charge in [-0.1, -0.05) is 18.5 Å². The number of aromatic nitrogens is 1. The molecular formula is C8H10ClNO4S. The normalized spacial score (nSPS) is 17.1. The molecular weight excluding hydrogens is 242 g/mol. The Balaban J connectivity index is 3.01. The Hall–Kier alpha value is -0.690. The standard InChI is InChI=1S/C8H10ClNO4S/c1-2-8(14,6(12)13)5(11)4-3-10-7(9)15-4/h3,5,11,14H,2H2,1H3,(H,12,13). The van der Waals surface area contributed by atoms with Crippen molar-refractivity contribution in [2.45, 2.75) is 25.0 Å². The Bertz CT molecular complexity index is 369. The van der Waals surface area contributed by atoms with Gasteiger partial charge in [-0.05, 0) is 6.42 Å². The number of carbonyl (C=O) groups is 1. The van der Waals surface area contributed by atoms with Crippen molar-refractivity contribution < 1.29 is 20.1 Å². The van der Waals surface area contributed by atoms with Crippen molar-refractivity contribution in [3.63, 3.8) is 0 Å². The molecule has 0 radical (unpaired) electrons. The van der Waals surface area contributed by atoms with Crippen molar-refractivity contribution in [2.75, 3.05) is 0 Å². The fraction of sp³-hybridized carbons (Fsp3) is 0.500. The number of hydrogen-bond acceptors (Lipinski definition) is 5. The van der Waals surface area contributed by atoms with Crippen LogP contribution in [0.25, 0.3) is 0 Å². The molecule has 7 heteroatoms. The van der Waals surface area contributed by atoms with Crippen molar-refractivity contribution in [1.29, 1.82) is 0 Å². The number of aliphatic hydroxyl groups excluding tert-OH is 1. The van der Waals surface area contributed by atoms with E-state index in [1.54, 1.807) is 0 Å². The van der Waals surface area contributed by atoms with Gasteiger partial charge < -0.3 is 15.3 Å². The molecule has 84 valence electrons. The number of hydrogen-bond donors (Lipinski definition) is 3. The van der Waals surface area contributed by atoms with Gasteiger partial charge in [0.15, 0.2) is 10.1 Å². The molecule has 2 unspecified atom stereocenters. The van der Waals surface area contributed by atoms with E-state index in [1.807, 2.05) is 0 Å². The second-order valence-electron chi connectivity index (χ2n) is 3.00. The highest BCUT2D eigenvalue weighted by Crippen LogP contribution is 2.33. The lowest BCUT2D eigenvalue weighted by Crippen LogP contribution is -2.43. The van der Waals surface area contributed by atoms with Crippen LogP contribution in [-0.4, -0.2) is 31.9 Å². The van der Waals surface area contributed by atoms with E-state index in [-0.39, 0.29) is 15.8 Å². The maximum Gasteiger partial charge on any atom is 0.338 e. The highest BCUT2D eigenvalue weighted by Gasteiger charge is 2.43. The van der Waals surface area contributed by atoms with E-state index in [2.05, 4.69) is 4.98 Å². The smallest absolute Gasteiger partial charge is 0.338 e. The zero-order chi connectivity index (χ0) is 11.6. The van der Waals surface area contributed by atoms with Crippen LogP contribution in [0.2, 0.25) is 4.47 Å². The Morgan fingerprint density at radius 1 is 1.80 bits per heavy atom. The fourth-order valence-electron chi connectivity index (χ4n) is 1.09. The number of halogens is 1. The first-order valence-electron chi connectivity index (χ1n) is 4.17. The zero-order valence-electron chi connectivity index (χ0n) is 7.85. The van der Waals surface area contributed by atoms with Crippen LogP contribution in [0, 0.1) is 0 Å². The molecule has 1 heterocycles. The summed E-state index contributed by atoms with van der Waals surface area (Å²) in [6.45, 7) is 1.47. The molecule has 0 aliphatic rings. The van der Waals surface area contributed by atoms with Crippen molar-refractivity contribution in [2.24, 2.45) is 0 Å². The SMILES string of the molecule is CCC(O)(C(=O)O)C(O)c1cnc(Cl)s1. The van der Waals surface area contributed by atoms with Gasteiger partial charge >= 0.3 is 5.97 Å². The molecule has 0 saturated carbocycles. The van der Waals surface area contributed by atoms with Crippen molar-refractivity contribution in [3.8, 4) is 0 Å². The third kappa shape index (κ3) is 2.28. The molecule has 0 saturated heterocycles. The van der Waals surface area contributed by atoms with Gasteiger partial charge in [-0.25, -0.2) is 9.78 Å². The summed E-state index contributed by atoms with van der Waals surface area (Å²) >= 11 is 6.48. The lowest BCUT2D eigenvalue weighted by molar-refractivity contribution is -0.172. The summed E-state index contributed by atoms with van der Waals surface area (Å²) < 4.78 is 0.188. The van der Waals surface area contributed by atoms with E-state index >= 15 is 0 Å². The molecule has 0 aliphatic heterocycles. The fourth-order valence-corrected chi connectivity index (χ4v) is 2.12. The Kier molecular flexibility index (Phi) is 3.67. The minimum atomic E-state index is -2.20. The molecule has 2 atom stereocenters. The highest BCUT2D eigenvalue weighted by molar-refractivity contribution is 7.15. The number of carboxylic acid groups (broad SMARTS) is 1. The highest BCUT2D eigenvalue weighted by atomic mass is 35.5. The Labute approximate surface area is 95.0 Å². The lowest BCUT2D eigenvalue weighted by atomic mass is 9.93. The summed E-state index contributed by atoms with van der Waals surface area (Å²) in [5, 5.41) is 28.2. The molecule has 1 aromatic rings. The Morgan fingerprint density at radius 2 is 2.40 bits per heavy atom. The number of thiazole rings is 1. The number of carboxylic acids is 1. The van der Waals surface area contributed by atoms with Crippen LogP contribution in [0.4, 0.5) is 0 Å². The average Bonchev–Trinajstić information content (AvgIpc) is 2.62. The second-order valence-corrected chi connectivity index (χ2v) is 4.65. The molecule has 1 rings (SSSR count). The summed E-state index contributed by atoms with van der Waals surface area (Å²) in [5.41, 5.74) is -2.20. The first-order chi connectivity index (χ1) is 6.91. The van der Waals surface area contributed by atoms with Crippen LogP contribution >= 0.6 is 22.9 Å². The van der Waals surface area contributed by atoms with Crippen LogP contribution in [0.5, 0.6) is 0 Å². The van der Waals surface area contributed by atoms with Crippen molar-refractivity contribution in [3.05, 3.63) is 15.5 Å². The summed E-state index contributed by atoms with van der Waals surface area (Å²) in [7, 11) is 0. The van der Waals surface area contributed by atoms with Gasteiger partial charge in [0, 0.05) is 6.20 Å². The van der Waals surface area contributed by atoms with E-state index < -0.39 is 17.7 Å². The predicted octanol–water partition coefficient (Wildman–Crippen LogP) is 1.06. The lowest BCUT2D eigenvalue weighted by Gasteiger charge is -2.26. The van der Waals surface area contributed by atoms with Gasteiger partial charge in [0.25, 0.3) is 0 Å². The third-order valence-corrected chi connectivity index (χ3v) is 3.29. The molecule has 5 nitrogen and oxygen atoms in total. The van der Waals surface area contributed by atoms with Crippen LogP contribution < -0.4 is 0 Å². The monoisotopic (exact) mass is 251 g/mol. The van der Waals surface area contributed by atoms with Crippen molar-refractivity contribution >= 4 is 28.9 Å². The third-order valence-electron chi connectivity index (χ3n) is 2.13. The minimum Gasteiger partial charge on any atom is -0.479 e. The predicted molar refractivity (Wildman–Crippen MR) is 55.0 cm³/mol. The van der Waals surface area contributed by atoms with E-state index in [0.29, 0.717) is 0 Å². The van der Waals surface area contributed by atoms with E-state index in [0.717, 1.165) is 11.3 Å². The first kappa shape index (κ1) is 12.4. The van der Waals surface area contributed by atoms with E-state index in [9.17, 15) is 15.0 Å². The molecule has 0 aliphatic carbocycles. The van der Waals surface area contributed by atoms with Gasteiger partial charge in [-0.15, -0.1) is 11.3 Å². The molecule has 1 aromatic heterocycles. The van der Waals surface area contributed by atoms with Crippen LogP contribution in [0.1, 0.15) is 24.3 Å². The quantitative estimate of drug-likeness (QED) is 0.744. The maximum atomic E-state index is 10.8. The van der Waals surface area contributed by atoms with Crippen LogP contribution in [0.3, 0.4) is 0 Å². The van der Waals surface area contributed by atoms with Crippen molar-refractivity contribution in [1.82, 2.24) is 4.98 Å². The van der Waals surface area contributed by atoms with Gasteiger partial charge in [0.2, 0.25) is 0 Å². The average molecular weight is 252 g/mol. The van der Waals surface area contributed by atoms with E-state index in [1.165, 1.54) is 13.1 Å². The molecule has 0 aromatic carbocycles. The first-order valence-corrected chi connectivity index (χ1v) is 5.36. The number of nitrogens with zero attached hydrogens (tertiary/aromatic N) is 1. The minimum absolute atomic E-state index is 0.112. The number of rotatable bonds is 4. The van der Waals surface area contributed by atoms with Gasteiger partial charge in [0.05, 0.1) is 4.88 Å². The number of aliphatic carboxylic acids is 1. The summed E-state index contributed by atoms with van der Waals surface area (Å²) in [4.78, 5) is 14.7. The summed E-state index contributed by atoms with van der Waals surface area (Å²) in [6.07, 6.45) is -0.384. The van der Waals surface area contributed by atoms with E-state index in [4.69, 9.17) is 16.7 Å². The molecule has 0 bridgehead atoms. The van der Waals surface area contributed by atoms with Gasteiger partial charge in [0.1, 0.15) is 6.10 Å².